The largest absolute Gasteiger partial charge is 4.00 e. The van der Waals surface area contributed by atoms with E-state index in [-0.39, 0.29) is 40.7 Å². The van der Waals surface area contributed by atoms with Crippen molar-refractivity contribution in [2.75, 3.05) is 0 Å². The first kappa shape index (κ1) is 34.3. The molecule has 0 atom stereocenters. The number of aryl methyl sites for hydroxylation is 4. The zero-order chi connectivity index (χ0) is 29.0. The normalized spacial score (nSPS) is 11.1. The third kappa shape index (κ3) is 5.91. The fourth-order valence-electron chi connectivity index (χ4n) is 6.84. The average molecular weight is 765 g/mol. The van der Waals surface area contributed by atoms with E-state index in [2.05, 4.69) is 162 Å². The molecule has 0 saturated carbocycles. The molecule has 0 amide bonds. The third-order valence-corrected chi connectivity index (χ3v) is 13.7. The van der Waals surface area contributed by atoms with Gasteiger partial charge < -0.3 is 14.9 Å². The van der Waals surface area contributed by atoms with Crippen LogP contribution in [0, 0.1) is 42.5 Å². The van der Waals surface area contributed by atoms with Gasteiger partial charge in [0, 0.05) is 0 Å². The van der Waals surface area contributed by atoms with Crippen molar-refractivity contribution in [1.82, 2.24) is 0 Å². The first-order valence-electron chi connectivity index (χ1n) is 14.9. The Bertz CT molecular complexity index is 1960. The summed E-state index contributed by atoms with van der Waals surface area (Å²) in [6, 6.07) is 48.4. The molecule has 222 valence electrons. The van der Waals surface area contributed by atoms with Crippen LogP contribution in [-0.2, 0) is 25.8 Å². The maximum Gasteiger partial charge on any atom is 4.00 e. The molecule has 0 radical (unpaired) electrons. The average Bonchev–Trinajstić information content (AvgIpc) is 3.65. The molecule has 0 aromatic heterocycles. The minimum atomic E-state index is -2.34. The molecule has 7 aromatic carbocycles. The fourth-order valence-corrected chi connectivity index (χ4v) is 10.5. The van der Waals surface area contributed by atoms with Gasteiger partial charge in [-0.05, 0) is 49.9 Å². The van der Waals surface area contributed by atoms with Crippen molar-refractivity contribution in [3.05, 3.63) is 165 Å². The van der Waals surface area contributed by atoms with Crippen LogP contribution in [0.1, 0.15) is 22.3 Å². The van der Waals surface area contributed by atoms with Crippen molar-refractivity contribution in [2.24, 2.45) is 0 Å². The van der Waals surface area contributed by atoms with Gasteiger partial charge in [0.15, 0.2) is 0 Å². The van der Waals surface area contributed by atoms with Crippen LogP contribution in [0.15, 0.2) is 127 Å². The molecule has 7 rings (SSSR count). The van der Waals surface area contributed by atoms with Crippen LogP contribution in [0.2, 0.25) is 6.55 Å². The first-order chi connectivity index (χ1) is 20.3. The van der Waals surface area contributed by atoms with Gasteiger partial charge in [0.1, 0.15) is 8.07 Å². The van der Waals surface area contributed by atoms with Gasteiger partial charge in [-0.1, -0.05) is 113 Å². The summed E-state index contributed by atoms with van der Waals surface area (Å²) < 4.78 is 0. The van der Waals surface area contributed by atoms with Crippen LogP contribution in [-0.4, -0.2) is 8.07 Å². The van der Waals surface area contributed by atoms with Crippen molar-refractivity contribution in [1.29, 1.82) is 0 Å². The Hall–Kier alpha value is -3.59. The predicted octanol–water partition coefficient (Wildman–Crippen LogP) is 10.00. The SMILES string of the molecule is Cc1ccc(C)c(-c2cccc3[cH-]c([Si](C)(c4ccccc4)c4cc5c(-c6cc(C)ccc6C)cccc5[cH-]4)cc23)c1.[CH3-].[CH3-].[Hf+4]. The van der Waals surface area contributed by atoms with Gasteiger partial charge in [-0.15, -0.1) is 68.3 Å². The smallest absolute Gasteiger partial charge is 0.358 e. The zero-order valence-electron chi connectivity index (χ0n) is 27.6. The molecule has 0 aliphatic rings. The number of rotatable bonds is 5. The van der Waals surface area contributed by atoms with Crippen molar-refractivity contribution in [3.63, 3.8) is 0 Å². The molecule has 0 bridgehead atoms. The molecule has 0 heterocycles. The van der Waals surface area contributed by atoms with Crippen LogP contribution in [0.3, 0.4) is 0 Å². The van der Waals surface area contributed by atoms with E-state index in [4.69, 9.17) is 0 Å². The number of fused-ring (bicyclic) bond motifs is 2. The summed E-state index contributed by atoms with van der Waals surface area (Å²) in [5.41, 5.74) is 10.6. The number of hydrogen-bond acceptors (Lipinski definition) is 0. The van der Waals surface area contributed by atoms with Gasteiger partial charge in [-0.2, -0.15) is 12.1 Å². The molecule has 0 aliphatic carbocycles. The van der Waals surface area contributed by atoms with E-state index < -0.39 is 8.07 Å². The van der Waals surface area contributed by atoms with Crippen LogP contribution in [0.4, 0.5) is 0 Å². The van der Waals surface area contributed by atoms with Crippen molar-refractivity contribution < 1.29 is 25.8 Å². The van der Waals surface area contributed by atoms with Crippen molar-refractivity contribution >= 4 is 45.2 Å². The molecule has 0 spiro atoms. The standard InChI is InChI=1S/C41H36Si.2CH3.Hf/c1-27-17-19-29(3)38(21-27)36-15-9-11-31-23-34(25-40(31)36)42(5,33-13-7-6-8-14-33)35-24-32-12-10-16-37(41(32)26-35)39-22-28(2)18-20-30(39)4;;;/h6-26H,1-5H3;2*1H3;/q-2;2*-1;+4. The predicted molar refractivity (Wildman–Crippen MR) is 199 cm³/mol. The molecule has 0 aliphatic heterocycles. The summed E-state index contributed by atoms with van der Waals surface area (Å²) >= 11 is 0. The molecule has 45 heavy (non-hydrogen) atoms. The Balaban J connectivity index is 0.00000154. The van der Waals surface area contributed by atoms with E-state index in [9.17, 15) is 0 Å². The molecular formula is C43H42HfSi. The Morgan fingerprint density at radius 1 is 0.467 bits per heavy atom. The topological polar surface area (TPSA) is 0 Å². The van der Waals surface area contributed by atoms with Gasteiger partial charge in [0.05, 0.1) is 0 Å². The maximum atomic E-state index is 2.54. The molecular weight excluding hydrogens is 723 g/mol. The van der Waals surface area contributed by atoms with Crippen molar-refractivity contribution in [2.45, 2.75) is 34.2 Å². The Morgan fingerprint density at radius 3 is 1.36 bits per heavy atom. The van der Waals surface area contributed by atoms with E-state index in [0.717, 1.165) is 0 Å². The van der Waals surface area contributed by atoms with E-state index in [1.165, 1.54) is 81.6 Å². The van der Waals surface area contributed by atoms with E-state index in [0.29, 0.717) is 0 Å². The van der Waals surface area contributed by atoms with Crippen LogP contribution < -0.4 is 15.6 Å². The summed E-state index contributed by atoms with van der Waals surface area (Å²) in [5, 5.41) is 9.72. The van der Waals surface area contributed by atoms with Gasteiger partial charge in [0.2, 0.25) is 0 Å². The summed E-state index contributed by atoms with van der Waals surface area (Å²) in [7, 11) is -2.34. The Labute approximate surface area is 290 Å². The Morgan fingerprint density at radius 2 is 0.911 bits per heavy atom. The van der Waals surface area contributed by atoms with Crippen LogP contribution in [0.5, 0.6) is 0 Å². The molecule has 0 unspecified atom stereocenters. The maximum absolute atomic E-state index is 2.54. The molecule has 7 aromatic rings. The quantitative estimate of drug-likeness (QED) is 0.121. The summed E-state index contributed by atoms with van der Waals surface area (Å²) in [4.78, 5) is 0. The van der Waals surface area contributed by atoms with Gasteiger partial charge in [-0.25, -0.2) is 0 Å². The second-order valence-corrected chi connectivity index (χ2v) is 16.2. The summed E-state index contributed by atoms with van der Waals surface area (Å²) in [6.07, 6.45) is 0. The Kier molecular flexibility index (Phi) is 10.2. The second kappa shape index (κ2) is 13.4. The third-order valence-electron chi connectivity index (χ3n) is 9.37. The van der Waals surface area contributed by atoms with Crippen LogP contribution >= 0.6 is 0 Å². The monoisotopic (exact) mass is 766 g/mol. The first-order valence-corrected chi connectivity index (χ1v) is 17.4. The molecule has 0 N–H and O–H groups in total. The second-order valence-electron chi connectivity index (χ2n) is 12.2. The van der Waals surface area contributed by atoms with Gasteiger partial charge in [-0.3, -0.25) is 0 Å². The summed E-state index contributed by atoms with van der Waals surface area (Å²) in [5.74, 6) is 0. The molecule has 0 fully saturated rings. The fraction of sp³-hybridized carbons (Fsp3) is 0.116. The van der Waals surface area contributed by atoms with Crippen LogP contribution in [0.25, 0.3) is 43.8 Å². The van der Waals surface area contributed by atoms with E-state index in [1.54, 1.807) is 0 Å². The number of benzene rings is 5. The number of hydrogen-bond donors (Lipinski definition) is 0. The minimum absolute atomic E-state index is 0. The van der Waals surface area contributed by atoms with Crippen molar-refractivity contribution in [3.8, 4) is 22.3 Å². The van der Waals surface area contributed by atoms with E-state index in [1.807, 2.05) is 0 Å². The molecule has 2 heteroatoms. The molecule has 0 nitrogen and oxygen atoms in total. The van der Waals surface area contributed by atoms with Gasteiger partial charge in [0.25, 0.3) is 0 Å². The molecule has 0 saturated heterocycles. The zero-order valence-corrected chi connectivity index (χ0v) is 32.2. The summed E-state index contributed by atoms with van der Waals surface area (Å²) in [6.45, 7) is 11.4. The van der Waals surface area contributed by atoms with E-state index >= 15 is 0 Å². The minimum Gasteiger partial charge on any atom is -0.358 e. The van der Waals surface area contributed by atoms with Gasteiger partial charge >= 0.3 is 25.8 Å².